The molecule has 0 spiro atoms. The number of esters is 1. The van der Waals surface area contributed by atoms with Gasteiger partial charge in [0.05, 0.1) is 6.61 Å². The van der Waals surface area contributed by atoms with Gasteiger partial charge in [-0.3, -0.25) is 0 Å². The maximum absolute atomic E-state index is 11.2. The molecule has 0 aliphatic carbocycles. The highest BCUT2D eigenvalue weighted by molar-refractivity contribution is 5.75. The van der Waals surface area contributed by atoms with Crippen LogP contribution in [-0.2, 0) is 14.3 Å². The lowest BCUT2D eigenvalue weighted by molar-refractivity contribution is -0.182. The first-order valence-electron chi connectivity index (χ1n) is 4.64. The predicted octanol–water partition coefficient (Wildman–Crippen LogP) is 1.69. The van der Waals surface area contributed by atoms with Gasteiger partial charge in [0.1, 0.15) is 0 Å². The van der Waals surface area contributed by atoms with Crippen molar-refractivity contribution >= 4 is 5.97 Å². The summed E-state index contributed by atoms with van der Waals surface area (Å²) in [4.78, 5) is 11.2. The van der Waals surface area contributed by atoms with E-state index in [0.717, 1.165) is 5.56 Å². The van der Waals surface area contributed by atoms with E-state index >= 15 is 0 Å². The Labute approximate surface area is 82.6 Å². The fraction of sp³-hybridized carbons (Fsp3) is 0.364. The van der Waals surface area contributed by atoms with E-state index in [0.29, 0.717) is 6.61 Å². The van der Waals surface area contributed by atoms with Crippen LogP contribution in [0.2, 0.25) is 0 Å². The van der Waals surface area contributed by atoms with Crippen molar-refractivity contribution in [2.75, 3.05) is 6.61 Å². The normalized spacial score (nSPS) is 27.1. The van der Waals surface area contributed by atoms with Crippen LogP contribution in [-0.4, -0.2) is 18.7 Å². The Morgan fingerprint density at radius 3 is 2.64 bits per heavy atom. The maximum Gasteiger partial charge on any atom is 0.335 e. The summed E-state index contributed by atoms with van der Waals surface area (Å²) >= 11 is 0. The molecule has 74 valence electrons. The molecule has 0 amide bonds. The monoisotopic (exact) mass is 192 g/mol. The van der Waals surface area contributed by atoms with Gasteiger partial charge in [-0.25, -0.2) is 4.79 Å². The summed E-state index contributed by atoms with van der Waals surface area (Å²) < 4.78 is 10.5. The molecular weight excluding hydrogens is 180 g/mol. The minimum absolute atomic E-state index is 0.250. The summed E-state index contributed by atoms with van der Waals surface area (Å²) in [5.74, 6) is -0.287. The third-order valence-electron chi connectivity index (χ3n) is 2.26. The summed E-state index contributed by atoms with van der Waals surface area (Å²) in [5.41, 5.74) is 0.979. The van der Waals surface area contributed by atoms with Crippen molar-refractivity contribution in [3.8, 4) is 0 Å². The Morgan fingerprint density at radius 2 is 2.00 bits per heavy atom. The molecule has 1 saturated heterocycles. The second-order valence-corrected chi connectivity index (χ2v) is 3.31. The molecule has 0 unspecified atom stereocenters. The molecule has 1 aromatic rings. The van der Waals surface area contributed by atoms with Crippen molar-refractivity contribution < 1.29 is 14.3 Å². The third-order valence-corrected chi connectivity index (χ3v) is 2.26. The molecule has 2 rings (SSSR count). The molecule has 1 aliphatic heterocycles. The molecule has 1 aromatic carbocycles. The fourth-order valence-corrected chi connectivity index (χ4v) is 1.40. The van der Waals surface area contributed by atoms with E-state index in [-0.39, 0.29) is 12.1 Å². The van der Waals surface area contributed by atoms with Gasteiger partial charge in [-0.2, -0.15) is 0 Å². The van der Waals surface area contributed by atoms with Gasteiger partial charge < -0.3 is 9.47 Å². The third kappa shape index (κ3) is 1.77. The van der Waals surface area contributed by atoms with Crippen LogP contribution < -0.4 is 0 Å². The van der Waals surface area contributed by atoms with E-state index in [1.807, 2.05) is 30.3 Å². The Hall–Kier alpha value is -1.35. The summed E-state index contributed by atoms with van der Waals surface area (Å²) in [5, 5.41) is 0. The van der Waals surface area contributed by atoms with Crippen LogP contribution in [0, 0.1) is 0 Å². The van der Waals surface area contributed by atoms with Crippen LogP contribution >= 0.6 is 0 Å². The van der Waals surface area contributed by atoms with E-state index in [9.17, 15) is 4.79 Å². The van der Waals surface area contributed by atoms with Crippen molar-refractivity contribution in [2.24, 2.45) is 0 Å². The lowest BCUT2D eigenvalue weighted by atomic mass is 10.1. The number of ether oxygens (including phenoxy) is 2. The van der Waals surface area contributed by atoms with Gasteiger partial charge in [-0.1, -0.05) is 30.3 Å². The molecule has 3 heteroatoms. The van der Waals surface area contributed by atoms with Gasteiger partial charge in [-0.15, -0.1) is 0 Å². The quantitative estimate of drug-likeness (QED) is 0.635. The van der Waals surface area contributed by atoms with E-state index in [1.54, 1.807) is 6.92 Å². The van der Waals surface area contributed by atoms with Gasteiger partial charge in [0, 0.05) is 0 Å². The van der Waals surface area contributed by atoms with Crippen LogP contribution in [0.3, 0.4) is 0 Å². The van der Waals surface area contributed by atoms with Crippen LogP contribution in [0.5, 0.6) is 0 Å². The van der Waals surface area contributed by atoms with Crippen molar-refractivity contribution in [3.63, 3.8) is 0 Å². The minimum Gasteiger partial charge on any atom is -0.453 e. The number of carbonyl (C=O) groups excluding carboxylic acids is 1. The van der Waals surface area contributed by atoms with Crippen molar-refractivity contribution in [1.29, 1.82) is 0 Å². The average molecular weight is 192 g/mol. The minimum atomic E-state index is -0.435. The van der Waals surface area contributed by atoms with Gasteiger partial charge >= 0.3 is 5.97 Å². The molecule has 0 bridgehead atoms. The Morgan fingerprint density at radius 1 is 1.29 bits per heavy atom. The van der Waals surface area contributed by atoms with Crippen LogP contribution in [0.25, 0.3) is 0 Å². The molecule has 14 heavy (non-hydrogen) atoms. The standard InChI is InChI=1S/C11H12O3/c1-8-11(12)14-10(7-13-8)9-5-3-2-4-6-9/h2-6,8,10H,7H2,1H3/t8-,10-/m0/s1. The number of hydrogen-bond donors (Lipinski definition) is 0. The first kappa shape index (κ1) is 9.21. The lowest BCUT2D eigenvalue weighted by Crippen LogP contribution is -2.33. The Bertz CT molecular complexity index is 321. The highest BCUT2D eigenvalue weighted by atomic mass is 16.6. The molecule has 3 nitrogen and oxygen atoms in total. The van der Waals surface area contributed by atoms with Crippen molar-refractivity contribution in [2.45, 2.75) is 19.1 Å². The topological polar surface area (TPSA) is 35.5 Å². The first-order valence-corrected chi connectivity index (χ1v) is 4.64. The Kier molecular flexibility index (Phi) is 2.50. The highest BCUT2D eigenvalue weighted by Gasteiger charge is 2.28. The summed E-state index contributed by atoms with van der Waals surface area (Å²) in [6, 6.07) is 9.62. The molecule has 1 fully saturated rings. The van der Waals surface area contributed by atoms with Gasteiger partial charge in [0.25, 0.3) is 0 Å². The molecule has 1 aliphatic rings. The van der Waals surface area contributed by atoms with E-state index < -0.39 is 6.10 Å². The van der Waals surface area contributed by atoms with Gasteiger partial charge in [0.15, 0.2) is 12.2 Å². The largest absolute Gasteiger partial charge is 0.453 e. The number of carbonyl (C=O) groups is 1. The molecular formula is C11H12O3. The van der Waals surface area contributed by atoms with Crippen LogP contribution in [0.1, 0.15) is 18.6 Å². The summed E-state index contributed by atoms with van der Waals surface area (Å²) in [6.07, 6.45) is -0.685. The van der Waals surface area contributed by atoms with Crippen molar-refractivity contribution in [1.82, 2.24) is 0 Å². The smallest absolute Gasteiger partial charge is 0.335 e. The Balaban J connectivity index is 2.11. The van der Waals surface area contributed by atoms with Crippen LogP contribution in [0.4, 0.5) is 0 Å². The average Bonchev–Trinajstić information content (AvgIpc) is 2.23. The number of cyclic esters (lactones) is 1. The molecule has 2 atom stereocenters. The highest BCUT2D eigenvalue weighted by Crippen LogP contribution is 2.22. The number of hydrogen-bond acceptors (Lipinski definition) is 3. The van der Waals surface area contributed by atoms with Crippen LogP contribution in [0.15, 0.2) is 30.3 Å². The summed E-state index contributed by atoms with van der Waals surface area (Å²) in [6.45, 7) is 2.14. The second kappa shape index (κ2) is 3.80. The maximum atomic E-state index is 11.2. The van der Waals surface area contributed by atoms with E-state index in [4.69, 9.17) is 9.47 Å². The number of benzene rings is 1. The lowest BCUT2D eigenvalue weighted by Gasteiger charge is -2.26. The van der Waals surface area contributed by atoms with Gasteiger partial charge in [0.2, 0.25) is 0 Å². The molecule has 0 saturated carbocycles. The SMILES string of the molecule is C[C@@H]1OC[C@@H](c2ccccc2)OC1=O. The zero-order chi connectivity index (χ0) is 9.97. The molecule has 0 aromatic heterocycles. The summed E-state index contributed by atoms with van der Waals surface area (Å²) in [7, 11) is 0. The molecule has 0 N–H and O–H groups in total. The van der Waals surface area contributed by atoms with Gasteiger partial charge in [-0.05, 0) is 12.5 Å². The molecule has 0 radical (unpaired) electrons. The molecule has 1 heterocycles. The fourth-order valence-electron chi connectivity index (χ4n) is 1.40. The second-order valence-electron chi connectivity index (χ2n) is 3.31. The zero-order valence-electron chi connectivity index (χ0n) is 7.97. The number of rotatable bonds is 1. The first-order chi connectivity index (χ1) is 6.77. The predicted molar refractivity (Wildman–Crippen MR) is 50.7 cm³/mol. The van der Waals surface area contributed by atoms with Crippen molar-refractivity contribution in [3.05, 3.63) is 35.9 Å². The van der Waals surface area contributed by atoms with E-state index in [1.165, 1.54) is 0 Å². The van der Waals surface area contributed by atoms with E-state index in [2.05, 4.69) is 0 Å². The zero-order valence-corrected chi connectivity index (χ0v) is 7.97.